The number of hydrogen-bond acceptors (Lipinski definition) is 9. The van der Waals surface area contributed by atoms with E-state index in [1.165, 1.54) is 26.4 Å². The van der Waals surface area contributed by atoms with Gasteiger partial charge in [0.2, 0.25) is 17.7 Å². The molecule has 0 saturated heterocycles. The first-order valence-electron chi connectivity index (χ1n) is 9.62. The summed E-state index contributed by atoms with van der Waals surface area (Å²) in [6.07, 6.45) is -3.08. The highest BCUT2D eigenvalue weighted by molar-refractivity contribution is 6.01. The summed E-state index contributed by atoms with van der Waals surface area (Å²) in [5.41, 5.74) is 0.306. The molecule has 0 aliphatic rings. The molecule has 178 valence electrons. The van der Waals surface area contributed by atoms with Crippen molar-refractivity contribution in [1.82, 2.24) is 20.2 Å². The maximum absolute atomic E-state index is 13.7. The van der Waals surface area contributed by atoms with Crippen LogP contribution < -0.4 is 25.4 Å². The average molecular weight is 475 g/mol. The van der Waals surface area contributed by atoms with Crippen molar-refractivity contribution >= 4 is 34.7 Å². The predicted octanol–water partition coefficient (Wildman–Crippen LogP) is 4.22. The topological polar surface area (TPSA) is 123 Å². The molecule has 0 spiro atoms. The first kappa shape index (κ1) is 24.2. The number of halogens is 3. The molecular weight excluding hydrogens is 455 g/mol. The van der Waals surface area contributed by atoms with Crippen molar-refractivity contribution < 1.29 is 27.4 Å². The maximum Gasteiger partial charge on any atom is 0.421 e. The van der Waals surface area contributed by atoms with Gasteiger partial charge in [-0.3, -0.25) is 4.79 Å². The molecule has 3 N–H and O–H groups in total. The highest BCUT2D eigenvalue weighted by Crippen LogP contribution is 2.37. The number of nitrogens with zero attached hydrogens (tertiary/aromatic N) is 4. The minimum Gasteiger partial charge on any atom is -0.480 e. The zero-order valence-corrected chi connectivity index (χ0v) is 18.3. The van der Waals surface area contributed by atoms with E-state index < -0.39 is 23.5 Å². The molecule has 2 heterocycles. The van der Waals surface area contributed by atoms with Gasteiger partial charge in [0.1, 0.15) is 17.1 Å². The minimum atomic E-state index is -4.75. The van der Waals surface area contributed by atoms with Gasteiger partial charge in [0.25, 0.3) is 5.88 Å². The molecule has 3 aromatic rings. The third kappa shape index (κ3) is 5.68. The number of carbonyl (C=O) groups excluding carboxylic acids is 1. The molecule has 2 aromatic heterocycles. The Balaban J connectivity index is 2.04. The summed E-state index contributed by atoms with van der Waals surface area (Å²) in [6, 6.07) is 6.20. The molecule has 0 aliphatic carbocycles. The lowest BCUT2D eigenvalue weighted by Crippen LogP contribution is -2.14. The zero-order valence-electron chi connectivity index (χ0n) is 18.3. The highest BCUT2D eigenvalue weighted by atomic mass is 19.4. The van der Waals surface area contributed by atoms with Gasteiger partial charge in [-0.25, -0.2) is 4.98 Å². The standard InChI is InChI=1S/C21H20F3N7O3/c1-5-16(32)26-14-8-11(2)6-7-13(14)27-18-12(21(22,23)24)10-25-20(29-18)28-15-9-17(33-3)30-31-19(15)34-4/h5-10H,1H2,2-4H3,(H,26,32)(H2,25,27,28,29,30). The number of amides is 1. The monoisotopic (exact) mass is 475 g/mol. The van der Waals surface area contributed by atoms with Crippen molar-refractivity contribution in [2.24, 2.45) is 0 Å². The number of alkyl halides is 3. The van der Waals surface area contributed by atoms with Gasteiger partial charge in [0.05, 0.1) is 25.6 Å². The van der Waals surface area contributed by atoms with Crippen molar-refractivity contribution in [3.05, 3.63) is 54.2 Å². The van der Waals surface area contributed by atoms with Crippen LogP contribution in [0.25, 0.3) is 0 Å². The Bertz CT molecular complexity index is 1220. The maximum atomic E-state index is 13.7. The van der Waals surface area contributed by atoms with Gasteiger partial charge in [0, 0.05) is 12.3 Å². The van der Waals surface area contributed by atoms with E-state index in [9.17, 15) is 18.0 Å². The quantitative estimate of drug-likeness (QED) is 0.411. The molecule has 1 amide bonds. The fraction of sp³-hybridized carbons (Fsp3) is 0.190. The van der Waals surface area contributed by atoms with Crippen LogP contribution >= 0.6 is 0 Å². The summed E-state index contributed by atoms with van der Waals surface area (Å²) < 4.78 is 51.1. The number of rotatable bonds is 8. The van der Waals surface area contributed by atoms with Crippen LogP contribution in [0.15, 0.2) is 43.1 Å². The van der Waals surface area contributed by atoms with Gasteiger partial charge in [0.15, 0.2) is 0 Å². The summed E-state index contributed by atoms with van der Waals surface area (Å²) in [5, 5.41) is 15.5. The summed E-state index contributed by atoms with van der Waals surface area (Å²) in [4.78, 5) is 19.5. The first-order chi connectivity index (χ1) is 16.1. The van der Waals surface area contributed by atoms with Gasteiger partial charge >= 0.3 is 6.18 Å². The van der Waals surface area contributed by atoms with Gasteiger partial charge < -0.3 is 25.4 Å². The van der Waals surface area contributed by atoms with Crippen molar-refractivity contribution in [3.8, 4) is 11.8 Å². The van der Waals surface area contributed by atoms with E-state index in [4.69, 9.17) is 9.47 Å². The Morgan fingerprint density at radius 2 is 1.82 bits per heavy atom. The average Bonchev–Trinajstić information content (AvgIpc) is 2.80. The smallest absolute Gasteiger partial charge is 0.421 e. The van der Waals surface area contributed by atoms with Crippen LogP contribution in [-0.4, -0.2) is 40.3 Å². The minimum absolute atomic E-state index is 0.0479. The molecule has 0 fully saturated rings. The largest absolute Gasteiger partial charge is 0.480 e. The summed E-state index contributed by atoms with van der Waals surface area (Å²) in [7, 11) is 2.72. The third-order valence-electron chi connectivity index (χ3n) is 4.35. The van der Waals surface area contributed by atoms with E-state index in [1.807, 2.05) is 0 Å². The van der Waals surface area contributed by atoms with Crippen LogP contribution in [0.1, 0.15) is 11.1 Å². The Morgan fingerprint density at radius 1 is 1.06 bits per heavy atom. The predicted molar refractivity (Wildman–Crippen MR) is 119 cm³/mol. The van der Waals surface area contributed by atoms with Crippen LogP contribution in [0, 0.1) is 6.92 Å². The number of benzene rings is 1. The zero-order chi connectivity index (χ0) is 24.9. The molecule has 13 heteroatoms. The van der Waals surface area contributed by atoms with E-state index >= 15 is 0 Å². The number of ether oxygens (including phenoxy) is 2. The molecule has 0 aliphatic heterocycles. The third-order valence-corrected chi connectivity index (χ3v) is 4.35. The van der Waals surface area contributed by atoms with Crippen molar-refractivity contribution in [1.29, 1.82) is 0 Å². The Morgan fingerprint density at radius 3 is 2.47 bits per heavy atom. The lowest BCUT2D eigenvalue weighted by molar-refractivity contribution is -0.137. The number of aryl methyl sites for hydroxylation is 1. The van der Waals surface area contributed by atoms with Gasteiger partial charge in [-0.1, -0.05) is 12.6 Å². The molecule has 1 aromatic carbocycles. The van der Waals surface area contributed by atoms with Crippen LogP contribution in [0.4, 0.5) is 42.0 Å². The molecule has 0 radical (unpaired) electrons. The summed E-state index contributed by atoms with van der Waals surface area (Å²) >= 11 is 0. The summed E-state index contributed by atoms with van der Waals surface area (Å²) in [5.74, 6) is -1.08. The van der Waals surface area contributed by atoms with Gasteiger partial charge in [-0.15, -0.1) is 10.2 Å². The molecule has 3 rings (SSSR count). The Labute approximate surface area is 192 Å². The fourth-order valence-electron chi connectivity index (χ4n) is 2.75. The van der Waals surface area contributed by atoms with E-state index in [2.05, 4.69) is 42.7 Å². The number of aromatic nitrogens is 4. The van der Waals surface area contributed by atoms with Gasteiger partial charge in [-0.2, -0.15) is 18.2 Å². The van der Waals surface area contributed by atoms with Crippen LogP contribution in [0.5, 0.6) is 11.8 Å². The molecule has 0 atom stereocenters. The van der Waals surface area contributed by atoms with Crippen LogP contribution in [0.2, 0.25) is 0 Å². The molecule has 0 unspecified atom stereocenters. The summed E-state index contributed by atoms with van der Waals surface area (Å²) in [6.45, 7) is 5.15. The number of hydrogen-bond donors (Lipinski definition) is 3. The van der Waals surface area contributed by atoms with E-state index in [1.54, 1.807) is 19.1 Å². The van der Waals surface area contributed by atoms with E-state index in [0.717, 1.165) is 11.6 Å². The number of anilines is 5. The number of nitrogens with one attached hydrogen (secondary N) is 3. The van der Waals surface area contributed by atoms with Crippen molar-refractivity contribution in [2.75, 3.05) is 30.2 Å². The number of carbonyl (C=O) groups is 1. The second kappa shape index (κ2) is 10.0. The molecular formula is C21H20F3N7O3. The molecule has 0 saturated carbocycles. The normalized spacial score (nSPS) is 10.9. The van der Waals surface area contributed by atoms with Crippen LogP contribution in [0.3, 0.4) is 0 Å². The number of methoxy groups -OCH3 is 2. The molecule has 34 heavy (non-hydrogen) atoms. The Hall–Kier alpha value is -4.42. The highest BCUT2D eigenvalue weighted by Gasteiger charge is 2.35. The second-order valence-corrected chi connectivity index (χ2v) is 6.76. The van der Waals surface area contributed by atoms with Crippen LogP contribution in [-0.2, 0) is 11.0 Å². The van der Waals surface area contributed by atoms with E-state index in [-0.39, 0.29) is 34.8 Å². The van der Waals surface area contributed by atoms with E-state index in [0.29, 0.717) is 6.20 Å². The van der Waals surface area contributed by atoms with Gasteiger partial charge in [-0.05, 0) is 30.7 Å². The Kier molecular flexibility index (Phi) is 7.14. The first-order valence-corrected chi connectivity index (χ1v) is 9.62. The SMILES string of the molecule is C=CC(=O)Nc1cc(C)ccc1Nc1nc(Nc2cc(OC)nnc2OC)ncc1C(F)(F)F. The fourth-order valence-corrected chi connectivity index (χ4v) is 2.75. The lowest BCUT2D eigenvalue weighted by Gasteiger charge is -2.17. The van der Waals surface area contributed by atoms with Crippen molar-refractivity contribution in [2.45, 2.75) is 13.1 Å². The molecule has 0 bridgehead atoms. The second-order valence-electron chi connectivity index (χ2n) is 6.76. The molecule has 10 nitrogen and oxygen atoms in total. The van der Waals surface area contributed by atoms with Crippen molar-refractivity contribution in [3.63, 3.8) is 0 Å². The lowest BCUT2D eigenvalue weighted by atomic mass is 10.1.